The molecular formula is C18H36N4O5S. The molecule has 2 atom stereocenters. The van der Waals surface area contributed by atoms with Gasteiger partial charge in [0.15, 0.2) is 0 Å². The predicted molar refractivity (Wildman–Crippen MR) is 112 cm³/mol. The number of ether oxygens (including phenoxy) is 2. The molecule has 0 fully saturated rings. The van der Waals surface area contributed by atoms with Crippen LogP contribution in [0, 0.1) is 0 Å². The number of amides is 1. The van der Waals surface area contributed by atoms with Gasteiger partial charge in [-0.25, -0.2) is 0 Å². The highest BCUT2D eigenvalue weighted by molar-refractivity contribution is 7.80. The number of rotatable bonds is 8. The highest BCUT2D eigenvalue weighted by Crippen LogP contribution is 2.10. The van der Waals surface area contributed by atoms with Crippen LogP contribution in [0.4, 0.5) is 0 Å². The first-order valence-corrected chi connectivity index (χ1v) is 9.39. The van der Waals surface area contributed by atoms with Gasteiger partial charge < -0.3 is 32.4 Å². The molecule has 0 aromatic heterocycles. The van der Waals surface area contributed by atoms with E-state index in [1.807, 2.05) is 0 Å². The van der Waals surface area contributed by atoms with Crippen molar-refractivity contribution in [3.8, 4) is 0 Å². The predicted octanol–water partition coefficient (Wildman–Crippen LogP) is 0.643. The van der Waals surface area contributed by atoms with E-state index in [4.69, 9.17) is 32.4 Å². The van der Waals surface area contributed by atoms with Crippen LogP contribution >= 0.6 is 12.2 Å². The van der Waals surface area contributed by atoms with Crippen molar-refractivity contribution in [3.05, 3.63) is 0 Å². The summed E-state index contributed by atoms with van der Waals surface area (Å²) in [4.78, 5) is 33.4. The lowest BCUT2D eigenvalue weighted by Gasteiger charge is -2.22. The van der Waals surface area contributed by atoms with E-state index in [1.165, 1.54) is 0 Å². The monoisotopic (exact) mass is 420 g/mol. The zero-order valence-corrected chi connectivity index (χ0v) is 18.6. The Kier molecular flexibility index (Phi) is 12.8. The first-order chi connectivity index (χ1) is 12.4. The maximum atomic E-state index is 11.3. The Bertz CT molecular complexity index is 493. The quantitative estimate of drug-likeness (QED) is 0.324. The van der Waals surface area contributed by atoms with Crippen LogP contribution in [0.3, 0.4) is 0 Å². The van der Waals surface area contributed by atoms with Gasteiger partial charge in [0.1, 0.15) is 23.3 Å². The second-order valence-electron chi connectivity index (χ2n) is 8.29. The van der Waals surface area contributed by atoms with E-state index in [9.17, 15) is 14.4 Å². The minimum Gasteiger partial charge on any atom is -0.459 e. The molecule has 0 radical (unpaired) electrons. The third-order valence-electron chi connectivity index (χ3n) is 2.82. The molecule has 2 unspecified atom stereocenters. The van der Waals surface area contributed by atoms with Crippen LogP contribution in [-0.2, 0) is 23.9 Å². The van der Waals surface area contributed by atoms with Gasteiger partial charge in [0.05, 0.1) is 4.99 Å². The topological polar surface area (TPSA) is 174 Å². The number of nitrogens with two attached hydrogens (primary N) is 4. The van der Waals surface area contributed by atoms with Crippen LogP contribution in [-0.4, -0.2) is 46.1 Å². The molecule has 0 aromatic carbocycles. The second kappa shape index (κ2) is 12.6. The fourth-order valence-corrected chi connectivity index (χ4v) is 1.70. The number of carbonyl (C=O) groups excluding carboxylic acids is 3. The average molecular weight is 421 g/mol. The van der Waals surface area contributed by atoms with Gasteiger partial charge in [-0.2, -0.15) is 0 Å². The van der Waals surface area contributed by atoms with Crippen LogP contribution in [0.15, 0.2) is 0 Å². The normalized spacial score (nSPS) is 13.4. The summed E-state index contributed by atoms with van der Waals surface area (Å²) in [7, 11) is 0. The van der Waals surface area contributed by atoms with Gasteiger partial charge in [-0.1, -0.05) is 12.2 Å². The van der Waals surface area contributed by atoms with Crippen molar-refractivity contribution in [2.45, 2.75) is 90.5 Å². The van der Waals surface area contributed by atoms with Gasteiger partial charge in [-0.15, -0.1) is 0 Å². The van der Waals surface area contributed by atoms with Crippen LogP contribution in [0.25, 0.3) is 0 Å². The molecule has 0 rings (SSSR count). The average Bonchev–Trinajstić information content (AvgIpc) is 2.47. The Hall–Kier alpha value is -1.78. The highest BCUT2D eigenvalue weighted by atomic mass is 32.1. The summed E-state index contributed by atoms with van der Waals surface area (Å²) in [5.41, 5.74) is 20.2. The Labute approximate surface area is 172 Å². The lowest BCUT2D eigenvalue weighted by Crippen LogP contribution is -2.38. The van der Waals surface area contributed by atoms with E-state index < -0.39 is 41.1 Å². The Morgan fingerprint density at radius 3 is 1.36 bits per heavy atom. The summed E-state index contributed by atoms with van der Waals surface area (Å²) < 4.78 is 10.1. The van der Waals surface area contributed by atoms with E-state index in [-0.39, 0.29) is 12.8 Å². The van der Waals surface area contributed by atoms with Crippen LogP contribution < -0.4 is 22.9 Å². The van der Waals surface area contributed by atoms with Crippen molar-refractivity contribution < 1.29 is 23.9 Å². The minimum atomic E-state index is -0.776. The molecule has 28 heavy (non-hydrogen) atoms. The van der Waals surface area contributed by atoms with E-state index >= 15 is 0 Å². The van der Waals surface area contributed by atoms with Crippen molar-refractivity contribution in [2.75, 3.05) is 0 Å². The molecular weight excluding hydrogens is 384 g/mol. The molecule has 164 valence electrons. The summed E-state index contributed by atoms with van der Waals surface area (Å²) >= 11 is 4.68. The van der Waals surface area contributed by atoms with Crippen molar-refractivity contribution in [3.63, 3.8) is 0 Å². The smallest absolute Gasteiger partial charge is 0.323 e. The maximum Gasteiger partial charge on any atom is 0.323 e. The van der Waals surface area contributed by atoms with E-state index in [0.29, 0.717) is 17.8 Å². The third-order valence-corrected chi connectivity index (χ3v) is 3.03. The molecule has 0 aliphatic heterocycles. The van der Waals surface area contributed by atoms with Crippen molar-refractivity contribution in [1.82, 2.24) is 0 Å². The van der Waals surface area contributed by atoms with Gasteiger partial charge in [0, 0.05) is 6.42 Å². The number of primary amides is 1. The van der Waals surface area contributed by atoms with Crippen LogP contribution in [0.2, 0.25) is 0 Å². The minimum absolute atomic E-state index is 0.0976. The van der Waals surface area contributed by atoms with Gasteiger partial charge in [0.2, 0.25) is 5.91 Å². The highest BCUT2D eigenvalue weighted by Gasteiger charge is 2.22. The number of hydrogen-bond donors (Lipinski definition) is 4. The summed E-state index contributed by atoms with van der Waals surface area (Å²) in [5, 5.41) is 0. The summed E-state index contributed by atoms with van der Waals surface area (Å²) in [6.07, 6.45) is 1.23. The Morgan fingerprint density at radius 2 is 1.11 bits per heavy atom. The molecule has 0 bridgehead atoms. The van der Waals surface area contributed by atoms with Gasteiger partial charge in [-0.05, 0) is 60.8 Å². The van der Waals surface area contributed by atoms with Gasteiger partial charge >= 0.3 is 11.9 Å². The van der Waals surface area contributed by atoms with E-state index in [0.717, 1.165) is 0 Å². The fourth-order valence-electron chi connectivity index (χ4n) is 1.59. The standard InChI is InChI=1S/C9H18N2O3.C9H18N2O2S/c1-9(2,3)14-8(13)6(10)4-5-7(11)12;1-9(2,3)13-8(12)6(10)4-5-7(11)14/h6H,4-5,10H2,1-3H3,(H2,11,12);6H,4-5,10H2,1-3H3,(H2,11,14). The number of esters is 2. The molecule has 8 N–H and O–H groups in total. The van der Waals surface area contributed by atoms with Crippen molar-refractivity contribution in [2.24, 2.45) is 22.9 Å². The van der Waals surface area contributed by atoms with Crippen LogP contribution in [0.5, 0.6) is 0 Å². The molecule has 0 saturated heterocycles. The zero-order valence-electron chi connectivity index (χ0n) is 17.7. The molecule has 0 heterocycles. The summed E-state index contributed by atoms with van der Waals surface area (Å²) in [5.74, 6) is -1.38. The lowest BCUT2D eigenvalue weighted by atomic mass is 10.1. The third kappa shape index (κ3) is 19.0. The van der Waals surface area contributed by atoms with E-state index in [1.54, 1.807) is 41.5 Å². The van der Waals surface area contributed by atoms with Crippen LogP contribution in [0.1, 0.15) is 67.2 Å². The molecule has 0 aliphatic carbocycles. The first kappa shape index (κ1) is 28.4. The fraction of sp³-hybridized carbons (Fsp3) is 0.778. The summed E-state index contributed by atoms with van der Waals surface area (Å²) in [6, 6.07) is -1.42. The zero-order chi connectivity index (χ0) is 22.7. The second-order valence-corrected chi connectivity index (χ2v) is 8.81. The summed E-state index contributed by atoms with van der Waals surface area (Å²) in [6.45, 7) is 10.7. The molecule has 0 aliphatic rings. The van der Waals surface area contributed by atoms with Crippen molar-refractivity contribution >= 4 is 35.1 Å². The Balaban J connectivity index is 0. The molecule has 0 saturated carbocycles. The maximum absolute atomic E-state index is 11.3. The molecule has 1 amide bonds. The SMILES string of the molecule is CC(C)(C)OC(=O)C(N)CCC(N)=O.CC(C)(C)OC(=O)C(N)CCC(N)=S. The molecule has 0 aromatic rings. The molecule has 0 spiro atoms. The number of thiocarbonyl (C=S) groups is 1. The number of hydrogen-bond acceptors (Lipinski definition) is 8. The van der Waals surface area contributed by atoms with E-state index in [2.05, 4.69) is 12.2 Å². The van der Waals surface area contributed by atoms with Gasteiger partial charge in [0.25, 0.3) is 0 Å². The lowest BCUT2D eigenvalue weighted by molar-refractivity contribution is -0.157. The van der Waals surface area contributed by atoms with Gasteiger partial charge in [-0.3, -0.25) is 14.4 Å². The molecule has 9 nitrogen and oxygen atoms in total. The molecule has 10 heteroatoms. The first-order valence-electron chi connectivity index (χ1n) is 8.98. The van der Waals surface area contributed by atoms with Crippen molar-refractivity contribution in [1.29, 1.82) is 0 Å². The Morgan fingerprint density at radius 1 is 0.786 bits per heavy atom. The largest absolute Gasteiger partial charge is 0.459 e. The number of carbonyl (C=O) groups is 3.